The van der Waals surface area contributed by atoms with Gasteiger partial charge in [-0.05, 0) is 83.9 Å². The lowest BCUT2D eigenvalue weighted by atomic mass is 9.99. The molecule has 0 N–H and O–H groups in total. The molecular weight excluding hydrogens is 558 g/mol. The minimum atomic E-state index is 1.15. The van der Waals surface area contributed by atoms with Crippen LogP contribution in [0.1, 0.15) is 0 Å². The molecule has 0 aliphatic rings. The van der Waals surface area contributed by atoms with Gasteiger partial charge in [0, 0.05) is 51.3 Å². The van der Waals surface area contributed by atoms with Crippen LogP contribution in [0.5, 0.6) is 0 Å². The van der Waals surface area contributed by atoms with Crippen LogP contribution in [0.15, 0.2) is 170 Å². The molecule has 2 aromatic heterocycles. The highest BCUT2D eigenvalue weighted by Crippen LogP contribution is 2.40. The zero-order valence-electron chi connectivity index (χ0n) is 25.5. The van der Waals surface area contributed by atoms with E-state index in [2.05, 4.69) is 191 Å². The molecule has 0 bridgehead atoms. The Morgan fingerprint density at radius 1 is 0.391 bits per heavy atom. The fourth-order valence-corrected chi connectivity index (χ4v) is 7.15. The van der Waals surface area contributed by atoms with E-state index in [0.717, 1.165) is 11.4 Å². The molecule has 0 aliphatic heterocycles. The van der Waals surface area contributed by atoms with Crippen molar-refractivity contribution < 1.29 is 0 Å². The summed E-state index contributed by atoms with van der Waals surface area (Å²) < 4.78 is 4.74. The van der Waals surface area contributed by atoms with Gasteiger partial charge < -0.3 is 14.0 Å². The molecule has 0 fully saturated rings. The first kappa shape index (κ1) is 26.4. The third kappa shape index (κ3) is 4.06. The number of hydrogen-bond donors (Lipinski definition) is 0. The Hall–Kier alpha value is -6.06. The van der Waals surface area contributed by atoms with E-state index >= 15 is 0 Å². The zero-order chi connectivity index (χ0) is 30.6. The van der Waals surface area contributed by atoms with Crippen LogP contribution in [0.4, 0.5) is 11.4 Å². The van der Waals surface area contributed by atoms with Gasteiger partial charge in [0.05, 0.1) is 22.1 Å². The second-order valence-electron chi connectivity index (χ2n) is 11.9. The first-order chi connectivity index (χ1) is 22.8. The fraction of sp³-hybridized carbons (Fsp3) is 0.0233. The summed E-state index contributed by atoms with van der Waals surface area (Å²) in [7, 11) is 2.15. The summed E-state index contributed by atoms with van der Waals surface area (Å²) in [5, 5.41) is 5.06. The van der Waals surface area contributed by atoms with Crippen LogP contribution in [-0.4, -0.2) is 16.2 Å². The van der Waals surface area contributed by atoms with Gasteiger partial charge in [-0.3, -0.25) is 0 Å². The summed E-state index contributed by atoms with van der Waals surface area (Å²) >= 11 is 0. The lowest BCUT2D eigenvalue weighted by molar-refractivity contribution is 1.17. The van der Waals surface area contributed by atoms with Gasteiger partial charge in [0.1, 0.15) is 0 Å². The van der Waals surface area contributed by atoms with Gasteiger partial charge in [0.25, 0.3) is 0 Å². The first-order valence-electron chi connectivity index (χ1n) is 15.8. The molecule has 0 aliphatic carbocycles. The summed E-state index contributed by atoms with van der Waals surface area (Å²) in [5.41, 5.74) is 12.0. The van der Waals surface area contributed by atoms with Crippen molar-refractivity contribution in [3.63, 3.8) is 0 Å². The topological polar surface area (TPSA) is 13.1 Å². The van der Waals surface area contributed by atoms with Gasteiger partial charge >= 0.3 is 0 Å². The van der Waals surface area contributed by atoms with Crippen LogP contribution in [0.25, 0.3) is 66.1 Å². The average molecular weight is 590 g/mol. The van der Waals surface area contributed by atoms with Gasteiger partial charge in [-0.25, -0.2) is 0 Å². The normalized spacial score (nSPS) is 11.6. The zero-order valence-corrected chi connectivity index (χ0v) is 25.5. The monoisotopic (exact) mass is 589 g/mol. The van der Waals surface area contributed by atoms with Gasteiger partial charge in [0.15, 0.2) is 0 Å². The number of fused-ring (bicyclic) bond motifs is 6. The van der Waals surface area contributed by atoms with E-state index in [4.69, 9.17) is 0 Å². The highest BCUT2D eigenvalue weighted by Gasteiger charge is 2.17. The van der Waals surface area contributed by atoms with Crippen LogP contribution in [0.2, 0.25) is 0 Å². The summed E-state index contributed by atoms with van der Waals surface area (Å²) in [6, 6.07) is 61.1. The Balaban J connectivity index is 1.12. The van der Waals surface area contributed by atoms with E-state index in [-0.39, 0.29) is 0 Å². The van der Waals surface area contributed by atoms with Crippen molar-refractivity contribution in [3.05, 3.63) is 170 Å². The second-order valence-corrected chi connectivity index (χ2v) is 11.9. The lowest BCUT2D eigenvalue weighted by Crippen LogP contribution is -2.09. The van der Waals surface area contributed by atoms with Gasteiger partial charge in [0.2, 0.25) is 0 Å². The van der Waals surface area contributed by atoms with Crippen molar-refractivity contribution in [1.82, 2.24) is 9.13 Å². The number of para-hydroxylation sites is 4. The molecule has 218 valence electrons. The predicted molar refractivity (Wildman–Crippen MR) is 195 cm³/mol. The summed E-state index contributed by atoms with van der Waals surface area (Å²) in [5.74, 6) is 0. The van der Waals surface area contributed by atoms with Crippen LogP contribution >= 0.6 is 0 Å². The van der Waals surface area contributed by atoms with E-state index in [9.17, 15) is 0 Å². The van der Waals surface area contributed by atoms with Crippen LogP contribution in [-0.2, 0) is 0 Å². The lowest BCUT2D eigenvalue weighted by Gasteiger charge is -2.20. The first-order valence-corrected chi connectivity index (χ1v) is 15.8. The van der Waals surface area contributed by atoms with E-state index in [1.165, 1.54) is 66.1 Å². The highest BCUT2D eigenvalue weighted by molar-refractivity contribution is 6.16. The predicted octanol–water partition coefficient (Wildman–Crippen LogP) is 11.3. The minimum Gasteiger partial charge on any atom is -0.345 e. The van der Waals surface area contributed by atoms with Crippen molar-refractivity contribution in [3.8, 4) is 22.5 Å². The molecule has 46 heavy (non-hydrogen) atoms. The Morgan fingerprint density at radius 2 is 0.913 bits per heavy atom. The Kier molecular flexibility index (Phi) is 6.04. The Morgan fingerprint density at radius 3 is 1.61 bits per heavy atom. The third-order valence-corrected chi connectivity index (χ3v) is 9.34. The molecule has 0 saturated carbocycles. The van der Waals surface area contributed by atoms with Crippen LogP contribution in [0, 0.1) is 0 Å². The molecule has 2 heterocycles. The van der Waals surface area contributed by atoms with Crippen molar-refractivity contribution in [2.24, 2.45) is 0 Å². The molecule has 0 atom stereocenters. The molecule has 0 unspecified atom stereocenters. The number of aromatic nitrogens is 2. The molecule has 7 aromatic carbocycles. The molecule has 0 saturated heterocycles. The molecule has 9 aromatic rings. The Bertz CT molecular complexity index is 2520. The third-order valence-electron chi connectivity index (χ3n) is 9.34. The molecule has 9 rings (SSSR count). The molecular formula is C43H31N3. The molecule has 3 heteroatoms. The van der Waals surface area contributed by atoms with Crippen molar-refractivity contribution in [2.75, 3.05) is 11.9 Å². The molecule has 0 spiro atoms. The Labute approximate surface area is 267 Å². The largest absolute Gasteiger partial charge is 0.345 e. The van der Waals surface area contributed by atoms with Crippen LogP contribution < -0.4 is 4.90 Å². The van der Waals surface area contributed by atoms with E-state index in [1.54, 1.807) is 0 Å². The second kappa shape index (κ2) is 10.5. The fourth-order valence-electron chi connectivity index (χ4n) is 7.15. The van der Waals surface area contributed by atoms with E-state index in [1.807, 2.05) is 0 Å². The maximum Gasteiger partial charge on any atom is 0.0547 e. The minimum absolute atomic E-state index is 1.15. The number of anilines is 2. The van der Waals surface area contributed by atoms with Crippen LogP contribution in [0.3, 0.4) is 0 Å². The number of rotatable bonds is 5. The SMILES string of the molecule is CN(c1ccc(-c2cccc3c2c2ccccc2n3-c2ccccc2)cc1)c1ccc2c(c1)c1ccccc1n2-c1ccccc1. The standard InChI is InChI=1S/C43H31N3/c1-44(34-27-28-41-38(29-34)36-17-8-10-20-39(36)45(41)32-13-4-2-5-14-32)31-25-23-30(24-26-31)35-19-12-22-42-43(35)37-18-9-11-21-40(37)46(42)33-15-6-3-7-16-33/h2-29H,1H3. The maximum absolute atomic E-state index is 2.38. The number of nitrogens with zero attached hydrogens (tertiary/aromatic N) is 3. The average Bonchev–Trinajstić information content (AvgIpc) is 3.65. The summed E-state index contributed by atoms with van der Waals surface area (Å²) in [6.45, 7) is 0. The van der Waals surface area contributed by atoms with Gasteiger partial charge in [-0.15, -0.1) is 0 Å². The van der Waals surface area contributed by atoms with Crippen molar-refractivity contribution in [1.29, 1.82) is 0 Å². The number of benzene rings is 7. The van der Waals surface area contributed by atoms with E-state index in [0.29, 0.717) is 0 Å². The number of hydrogen-bond acceptors (Lipinski definition) is 1. The highest BCUT2D eigenvalue weighted by atomic mass is 15.1. The molecule has 0 radical (unpaired) electrons. The van der Waals surface area contributed by atoms with Crippen molar-refractivity contribution >= 4 is 55.0 Å². The summed E-state index contributed by atoms with van der Waals surface area (Å²) in [6.07, 6.45) is 0. The molecule has 3 nitrogen and oxygen atoms in total. The molecule has 0 amide bonds. The summed E-state index contributed by atoms with van der Waals surface area (Å²) in [4.78, 5) is 2.28. The van der Waals surface area contributed by atoms with Gasteiger partial charge in [-0.2, -0.15) is 0 Å². The quantitative estimate of drug-likeness (QED) is 0.195. The van der Waals surface area contributed by atoms with Gasteiger partial charge in [-0.1, -0.05) is 97.1 Å². The maximum atomic E-state index is 2.38. The van der Waals surface area contributed by atoms with Crippen molar-refractivity contribution in [2.45, 2.75) is 0 Å². The van der Waals surface area contributed by atoms with E-state index < -0.39 is 0 Å². The smallest absolute Gasteiger partial charge is 0.0547 e.